The van der Waals surface area contributed by atoms with Gasteiger partial charge in [0.25, 0.3) is 17.7 Å². The van der Waals surface area contributed by atoms with E-state index >= 15 is 8.78 Å². The molecule has 0 unspecified atom stereocenters. The van der Waals surface area contributed by atoms with E-state index in [0.717, 1.165) is 12.1 Å². The van der Waals surface area contributed by atoms with Crippen LogP contribution in [0.2, 0.25) is 0 Å². The van der Waals surface area contributed by atoms with Gasteiger partial charge in [-0.25, -0.2) is 0 Å². The average Bonchev–Trinajstić information content (AvgIpc) is 2.97. The number of carbonyl (C=O) groups excluding carboxylic acids is 1. The monoisotopic (exact) mass is 592 g/mol. The van der Waals surface area contributed by atoms with Crippen LogP contribution >= 0.6 is 0 Å². The second-order valence-electron chi connectivity index (χ2n) is 9.35. The molecule has 1 heterocycles. The average molecular weight is 593 g/mol. The van der Waals surface area contributed by atoms with E-state index in [9.17, 15) is 14.7 Å². The first-order valence-corrected chi connectivity index (χ1v) is 12.6. The molecule has 4 aromatic rings. The summed E-state index contributed by atoms with van der Waals surface area (Å²) >= 11 is 0. The molecule has 1 amide bonds. The molecular weight excluding hydrogens is 566 g/mol. The molecule has 0 saturated heterocycles. The number of carbonyl (C=O) groups is 2. The zero-order valence-corrected chi connectivity index (χ0v) is 22.9. The number of benzene rings is 3. The number of aliphatic carboxylic acids is 1. The van der Waals surface area contributed by atoms with Gasteiger partial charge in [0.15, 0.2) is 11.5 Å². The molecule has 0 saturated carbocycles. The normalized spacial score (nSPS) is 10.6. The number of hydrogen-bond donors (Lipinski definition) is 4. The lowest BCUT2D eigenvalue weighted by molar-refractivity contribution is -0.136. The van der Waals surface area contributed by atoms with Crippen LogP contribution in [0, 0.1) is 17.0 Å². The Morgan fingerprint density at radius 1 is 0.907 bits per heavy atom. The highest BCUT2D eigenvalue weighted by atomic mass is 19.1. The van der Waals surface area contributed by atoms with Gasteiger partial charge in [-0.15, -0.1) is 0 Å². The number of carboxylic acid groups (broad SMARTS) is 1. The van der Waals surface area contributed by atoms with Crippen molar-refractivity contribution in [2.75, 3.05) is 14.1 Å². The molecule has 3 aromatic carbocycles. The molecule has 13 heteroatoms. The van der Waals surface area contributed by atoms with Gasteiger partial charge in [0.1, 0.15) is 17.3 Å². The number of nitrogens with one attached hydrogen (secondary N) is 1. The number of rotatable bonds is 11. The number of aromatic nitrogens is 1. The quantitative estimate of drug-likeness (QED) is 0.131. The van der Waals surface area contributed by atoms with Crippen LogP contribution in [0.1, 0.15) is 27.9 Å². The number of ether oxygens (including phenoxy) is 3. The lowest BCUT2D eigenvalue weighted by Gasteiger charge is -2.16. The number of phenols is 1. The Bertz CT molecular complexity index is 1710. The third-order valence-corrected chi connectivity index (χ3v) is 5.90. The van der Waals surface area contributed by atoms with Crippen LogP contribution in [0.3, 0.4) is 0 Å². The van der Waals surface area contributed by atoms with Crippen molar-refractivity contribution >= 4 is 17.7 Å². The SMILES string of the molecule is CN(C)C(=O)c1cccc(Oc2nc(Oc3cc(C(=N)N)ccc3O)c(F)c(Oc3cccc(CCC(=O)O)c3)c2F)c1. The molecule has 0 bridgehead atoms. The molecule has 4 rings (SSSR count). The van der Waals surface area contributed by atoms with E-state index in [-0.39, 0.29) is 53.0 Å². The van der Waals surface area contributed by atoms with Gasteiger partial charge < -0.3 is 35.1 Å². The number of pyridine rings is 1. The molecule has 0 aliphatic rings. The van der Waals surface area contributed by atoms with Gasteiger partial charge in [-0.05, 0) is 60.5 Å². The fourth-order valence-corrected chi connectivity index (χ4v) is 3.77. The fourth-order valence-electron chi connectivity index (χ4n) is 3.77. The number of nitrogens with two attached hydrogens (primary N) is 1. The predicted molar refractivity (Wildman–Crippen MR) is 150 cm³/mol. The summed E-state index contributed by atoms with van der Waals surface area (Å²) in [6.07, 6.45) is -0.0278. The number of nitrogen functional groups attached to an aromatic ring is 1. The second kappa shape index (κ2) is 12.9. The standard InChI is InChI=1S/C30H26F2N4O7/c1-36(2)30(40)18-6-4-8-20(14-18)42-28-24(31)26(41-19-7-3-5-16(13-19)9-12-23(38)39)25(32)29(35-28)43-22-15-17(27(33)34)10-11-21(22)37/h3-8,10-11,13-15,37H,9,12H2,1-2H3,(H3,33,34)(H,38,39). The van der Waals surface area contributed by atoms with Gasteiger partial charge in [0.2, 0.25) is 17.4 Å². The summed E-state index contributed by atoms with van der Waals surface area (Å²) in [5.41, 5.74) is 6.41. The number of amidine groups is 1. The fraction of sp³-hybridized carbons (Fsp3) is 0.133. The van der Waals surface area contributed by atoms with Crippen molar-refractivity contribution in [1.82, 2.24) is 9.88 Å². The van der Waals surface area contributed by atoms with Gasteiger partial charge in [0, 0.05) is 31.6 Å². The number of hydrogen-bond acceptors (Lipinski definition) is 8. The Morgan fingerprint density at radius 2 is 1.56 bits per heavy atom. The predicted octanol–water partition coefficient (Wildman–Crippen LogP) is 5.45. The van der Waals surface area contributed by atoms with E-state index in [1.165, 1.54) is 53.4 Å². The molecule has 43 heavy (non-hydrogen) atoms. The maximum absolute atomic E-state index is 15.8. The van der Waals surface area contributed by atoms with E-state index in [2.05, 4.69) is 4.98 Å². The van der Waals surface area contributed by atoms with Crippen LogP contribution in [0.5, 0.6) is 40.5 Å². The number of aryl methyl sites for hydroxylation is 1. The van der Waals surface area contributed by atoms with Gasteiger partial charge in [-0.3, -0.25) is 15.0 Å². The van der Waals surface area contributed by atoms with Crippen molar-refractivity contribution in [2.24, 2.45) is 5.73 Å². The van der Waals surface area contributed by atoms with Crippen LogP contribution in [0.4, 0.5) is 8.78 Å². The minimum Gasteiger partial charge on any atom is -0.504 e. The van der Waals surface area contributed by atoms with Gasteiger partial charge in [-0.1, -0.05) is 18.2 Å². The maximum Gasteiger partial charge on any atom is 0.303 e. The van der Waals surface area contributed by atoms with E-state index in [1.54, 1.807) is 20.2 Å². The second-order valence-corrected chi connectivity index (χ2v) is 9.35. The zero-order valence-electron chi connectivity index (χ0n) is 22.9. The van der Waals surface area contributed by atoms with E-state index in [4.69, 9.17) is 30.5 Å². The molecule has 0 spiro atoms. The van der Waals surface area contributed by atoms with Crippen molar-refractivity contribution in [3.05, 3.63) is 95.1 Å². The number of phenolic OH excluding ortho intramolecular Hbond substituents is 1. The highest BCUT2D eigenvalue weighted by Crippen LogP contribution is 2.41. The molecular formula is C30H26F2N4O7. The topological polar surface area (TPSA) is 168 Å². The third kappa shape index (κ3) is 7.33. The Labute approximate surface area is 244 Å². The summed E-state index contributed by atoms with van der Waals surface area (Å²) in [5.74, 6) is -7.95. The summed E-state index contributed by atoms with van der Waals surface area (Å²) in [6, 6.07) is 15.4. The Balaban J connectivity index is 1.79. The van der Waals surface area contributed by atoms with E-state index in [1.807, 2.05) is 0 Å². The Kier molecular flexibility index (Phi) is 9.04. The highest BCUT2D eigenvalue weighted by molar-refractivity contribution is 5.95. The molecule has 0 fully saturated rings. The van der Waals surface area contributed by atoms with Gasteiger partial charge >= 0.3 is 5.97 Å². The van der Waals surface area contributed by atoms with Crippen molar-refractivity contribution < 1.29 is 42.8 Å². The van der Waals surface area contributed by atoms with Crippen LogP contribution < -0.4 is 19.9 Å². The van der Waals surface area contributed by atoms with Crippen molar-refractivity contribution in [1.29, 1.82) is 5.41 Å². The van der Waals surface area contributed by atoms with Gasteiger partial charge in [0.05, 0.1) is 0 Å². The maximum atomic E-state index is 15.8. The van der Waals surface area contributed by atoms with E-state index < -0.39 is 40.9 Å². The summed E-state index contributed by atoms with van der Waals surface area (Å²) in [5, 5.41) is 26.9. The summed E-state index contributed by atoms with van der Waals surface area (Å²) in [7, 11) is 3.11. The summed E-state index contributed by atoms with van der Waals surface area (Å²) < 4.78 is 48.1. The van der Waals surface area contributed by atoms with Crippen molar-refractivity contribution in [3.63, 3.8) is 0 Å². The number of halogens is 2. The van der Waals surface area contributed by atoms with Crippen LogP contribution in [0.25, 0.3) is 0 Å². The highest BCUT2D eigenvalue weighted by Gasteiger charge is 2.27. The molecule has 0 radical (unpaired) electrons. The number of amides is 1. The first kappa shape index (κ1) is 30.2. The van der Waals surface area contributed by atoms with Crippen LogP contribution in [-0.2, 0) is 11.2 Å². The van der Waals surface area contributed by atoms with Gasteiger partial charge in [-0.2, -0.15) is 13.8 Å². The smallest absolute Gasteiger partial charge is 0.303 e. The molecule has 222 valence electrons. The summed E-state index contributed by atoms with van der Waals surface area (Å²) in [6.45, 7) is 0. The zero-order chi connectivity index (χ0) is 31.3. The molecule has 0 atom stereocenters. The van der Waals surface area contributed by atoms with Crippen LogP contribution in [0.15, 0.2) is 66.7 Å². The molecule has 5 N–H and O–H groups in total. The lowest BCUT2D eigenvalue weighted by atomic mass is 10.1. The Hall–Kier alpha value is -5.72. The summed E-state index contributed by atoms with van der Waals surface area (Å²) in [4.78, 5) is 28.5. The molecule has 1 aromatic heterocycles. The number of aromatic hydroxyl groups is 1. The minimum absolute atomic E-state index is 0.0142. The molecule has 0 aliphatic carbocycles. The third-order valence-electron chi connectivity index (χ3n) is 5.90. The number of carboxylic acids is 1. The molecule has 0 aliphatic heterocycles. The van der Waals surface area contributed by atoms with E-state index in [0.29, 0.717) is 5.56 Å². The lowest BCUT2D eigenvalue weighted by Crippen LogP contribution is -2.21. The number of nitrogens with zero attached hydrogens (tertiary/aromatic N) is 2. The first-order chi connectivity index (χ1) is 20.4. The van der Waals surface area contributed by atoms with Crippen molar-refractivity contribution in [2.45, 2.75) is 12.8 Å². The minimum atomic E-state index is -1.40. The molecule has 11 nitrogen and oxygen atoms in total. The first-order valence-electron chi connectivity index (χ1n) is 12.6. The van der Waals surface area contributed by atoms with Crippen molar-refractivity contribution in [3.8, 4) is 40.5 Å². The Morgan fingerprint density at radius 3 is 2.21 bits per heavy atom. The largest absolute Gasteiger partial charge is 0.504 e. The van der Waals surface area contributed by atoms with Crippen LogP contribution in [-0.4, -0.2) is 51.9 Å².